The van der Waals surface area contributed by atoms with Gasteiger partial charge < -0.3 is 24.8 Å². The lowest BCUT2D eigenvalue weighted by atomic mass is 9.96. The molecule has 3 heterocycles. The van der Waals surface area contributed by atoms with Crippen LogP contribution in [-0.2, 0) is 4.74 Å². The molecular weight excluding hydrogens is 280 g/mol. The Kier molecular flexibility index (Phi) is 3.29. The smallest absolute Gasteiger partial charge is 0.245 e. The molecule has 0 saturated carbocycles. The number of imidazole rings is 1. The van der Waals surface area contributed by atoms with Crippen molar-refractivity contribution in [3.63, 3.8) is 0 Å². The quantitative estimate of drug-likeness (QED) is 0.648. The van der Waals surface area contributed by atoms with Crippen molar-refractivity contribution in [3.05, 3.63) is 12.7 Å². The van der Waals surface area contributed by atoms with Gasteiger partial charge in [-0.15, -0.1) is 0 Å². The lowest BCUT2D eigenvalue weighted by molar-refractivity contribution is -0.0950. The Morgan fingerprint density at radius 2 is 2.19 bits per heavy atom. The minimum Gasteiger partial charge on any atom is -0.479 e. The lowest BCUT2D eigenvalue weighted by Gasteiger charge is -2.27. The van der Waals surface area contributed by atoms with E-state index < -0.39 is 30.6 Å². The average molecular weight is 296 g/mol. The number of hydrogen-bond donors (Lipinski definition) is 3. The molecule has 9 nitrogen and oxygen atoms in total. The second-order valence-corrected chi connectivity index (χ2v) is 5.09. The Morgan fingerprint density at radius 1 is 1.43 bits per heavy atom. The molecule has 1 aliphatic rings. The molecule has 1 aliphatic heterocycles. The van der Waals surface area contributed by atoms with E-state index in [9.17, 15) is 15.3 Å². The first-order valence-corrected chi connectivity index (χ1v) is 6.39. The van der Waals surface area contributed by atoms with E-state index in [1.807, 2.05) is 0 Å². The van der Waals surface area contributed by atoms with Crippen LogP contribution in [0.15, 0.2) is 12.7 Å². The fourth-order valence-electron chi connectivity index (χ4n) is 2.54. The summed E-state index contributed by atoms with van der Waals surface area (Å²) in [5, 5.41) is 29.7. The van der Waals surface area contributed by atoms with Gasteiger partial charge in [-0.2, -0.15) is 4.98 Å². The summed E-state index contributed by atoms with van der Waals surface area (Å²) in [6.45, 7) is 1.03. The summed E-state index contributed by atoms with van der Waals surface area (Å²) in [6, 6.07) is 0. The predicted octanol–water partition coefficient (Wildman–Crippen LogP) is -1.16. The van der Waals surface area contributed by atoms with Crippen LogP contribution in [-0.4, -0.2) is 66.4 Å². The lowest BCUT2D eigenvalue weighted by Crippen LogP contribution is -2.44. The van der Waals surface area contributed by atoms with Gasteiger partial charge in [-0.05, 0) is 6.92 Å². The topological polar surface area (TPSA) is 123 Å². The van der Waals surface area contributed by atoms with E-state index in [1.54, 1.807) is 0 Å². The molecule has 0 amide bonds. The summed E-state index contributed by atoms with van der Waals surface area (Å²) in [7, 11) is 1.47. The summed E-state index contributed by atoms with van der Waals surface area (Å²) >= 11 is 0. The molecular formula is C12H16N4O5. The molecule has 0 aliphatic carbocycles. The van der Waals surface area contributed by atoms with E-state index in [1.165, 1.54) is 31.3 Å². The van der Waals surface area contributed by atoms with Gasteiger partial charge in [-0.25, -0.2) is 9.97 Å². The molecule has 1 saturated heterocycles. The van der Waals surface area contributed by atoms with Crippen molar-refractivity contribution in [2.24, 2.45) is 0 Å². The van der Waals surface area contributed by atoms with Gasteiger partial charge in [0.15, 0.2) is 17.4 Å². The third-order valence-electron chi connectivity index (χ3n) is 3.71. The number of methoxy groups -OCH3 is 1. The summed E-state index contributed by atoms with van der Waals surface area (Å²) in [6.07, 6.45) is -0.315. The normalized spacial score (nSPS) is 32.7. The molecule has 9 heteroatoms. The molecule has 0 spiro atoms. The van der Waals surface area contributed by atoms with Crippen molar-refractivity contribution in [1.29, 1.82) is 0 Å². The minimum absolute atomic E-state index is 0.302. The van der Waals surface area contributed by atoms with E-state index >= 15 is 0 Å². The monoisotopic (exact) mass is 296 g/mol. The fourth-order valence-corrected chi connectivity index (χ4v) is 2.54. The van der Waals surface area contributed by atoms with Crippen LogP contribution >= 0.6 is 0 Å². The van der Waals surface area contributed by atoms with Gasteiger partial charge in [-0.1, -0.05) is 0 Å². The van der Waals surface area contributed by atoms with Gasteiger partial charge in [-0.3, -0.25) is 4.57 Å². The van der Waals surface area contributed by atoms with Gasteiger partial charge in [0.1, 0.15) is 24.1 Å². The molecule has 2 aromatic heterocycles. The van der Waals surface area contributed by atoms with Crippen molar-refractivity contribution in [3.8, 4) is 5.88 Å². The van der Waals surface area contributed by atoms with Crippen molar-refractivity contribution in [2.75, 3.05) is 13.7 Å². The van der Waals surface area contributed by atoms with Crippen LogP contribution < -0.4 is 4.74 Å². The zero-order chi connectivity index (χ0) is 15.2. The summed E-state index contributed by atoms with van der Waals surface area (Å²) in [5.74, 6) is 0.302. The predicted molar refractivity (Wildman–Crippen MR) is 69.5 cm³/mol. The molecule has 2 aromatic rings. The molecule has 3 rings (SSSR count). The summed E-state index contributed by atoms with van der Waals surface area (Å²) < 4.78 is 12.1. The van der Waals surface area contributed by atoms with Crippen LogP contribution in [0.1, 0.15) is 13.2 Å². The van der Waals surface area contributed by atoms with Crippen LogP contribution in [0.5, 0.6) is 5.88 Å². The van der Waals surface area contributed by atoms with Crippen LogP contribution in [0.4, 0.5) is 0 Å². The van der Waals surface area contributed by atoms with Gasteiger partial charge >= 0.3 is 0 Å². The van der Waals surface area contributed by atoms with Gasteiger partial charge in [0.25, 0.3) is 0 Å². The van der Waals surface area contributed by atoms with Crippen molar-refractivity contribution in [1.82, 2.24) is 19.5 Å². The second kappa shape index (κ2) is 4.88. The number of fused-ring (bicyclic) bond motifs is 1. The first kappa shape index (κ1) is 14.1. The van der Waals surface area contributed by atoms with E-state index in [4.69, 9.17) is 9.47 Å². The molecule has 1 fully saturated rings. The third kappa shape index (κ3) is 1.97. The zero-order valence-electron chi connectivity index (χ0n) is 11.5. The molecule has 114 valence electrons. The van der Waals surface area contributed by atoms with E-state index in [0.717, 1.165) is 0 Å². The Labute approximate surface area is 119 Å². The number of rotatable bonds is 3. The van der Waals surface area contributed by atoms with E-state index in [-0.39, 0.29) is 0 Å². The standard InChI is InChI=1S/C12H16N4O5/c1-12(19)8(18)6(3-17)21-11(12)16-5-15-7-9(16)13-4-14-10(7)20-2/h4-6,8,11,17-19H,3H2,1-2H3/t6-,8?,11-,12+/m1/s1. The third-order valence-corrected chi connectivity index (χ3v) is 3.71. The molecule has 21 heavy (non-hydrogen) atoms. The van der Waals surface area contributed by atoms with Crippen molar-refractivity contribution >= 4 is 11.2 Å². The molecule has 0 bridgehead atoms. The molecule has 0 aromatic carbocycles. The van der Waals surface area contributed by atoms with Crippen LogP contribution in [0, 0.1) is 0 Å². The Hall–Kier alpha value is -1.81. The highest BCUT2D eigenvalue weighted by molar-refractivity contribution is 5.76. The molecule has 3 N–H and O–H groups in total. The first-order valence-electron chi connectivity index (χ1n) is 6.39. The summed E-state index contributed by atoms with van der Waals surface area (Å²) in [5.41, 5.74) is -0.779. The molecule has 4 atom stereocenters. The molecule has 1 unspecified atom stereocenters. The zero-order valence-corrected chi connectivity index (χ0v) is 11.5. The van der Waals surface area contributed by atoms with Crippen LogP contribution in [0.3, 0.4) is 0 Å². The maximum Gasteiger partial charge on any atom is 0.245 e. The van der Waals surface area contributed by atoms with Crippen LogP contribution in [0.2, 0.25) is 0 Å². The van der Waals surface area contributed by atoms with E-state index in [0.29, 0.717) is 17.0 Å². The molecule has 0 radical (unpaired) electrons. The number of hydrogen-bond acceptors (Lipinski definition) is 8. The van der Waals surface area contributed by atoms with Crippen molar-refractivity contribution in [2.45, 2.75) is 31.0 Å². The maximum atomic E-state index is 10.5. The van der Waals surface area contributed by atoms with E-state index in [2.05, 4.69) is 15.0 Å². The maximum absolute atomic E-state index is 10.5. The second-order valence-electron chi connectivity index (χ2n) is 5.09. The highest BCUT2D eigenvalue weighted by Crippen LogP contribution is 2.39. The summed E-state index contributed by atoms with van der Waals surface area (Å²) in [4.78, 5) is 12.2. The van der Waals surface area contributed by atoms with Crippen molar-refractivity contribution < 1.29 is 24.8 Å². The number of aliphatic hydroxyl groups excluding tert-OH is 2. The SMILES string of the molecule is COc1ncnc2c1ncn2[C@@H]1O[C@H](CO)C(O)[C@]1(C)O. The van der Waals surface area contributed by atoms with Gasteiger partial charge in [0, 0.05) is 0 Å². The number of ether oxygens (including phenoxy) is 2. The number of aliphatic hydroxyl groups is 3. The average Bonchev–Trinajstić information content (AvgIpc) is 2.99. The Morgan fingerprint density at radius 3 is 2.81 bits per heavy atom. The highest BCUT2D eigenvalue weighted by Gasteiger charge is 2.53. The Balaban J connectivity index is 2.09. The van der Waals surface area contributed by atoms with Gasteiger partial charge in [0.05, 0.1) is 20.0 Å². The number of nitrogens with zero attached hydrogens (tertiary/aromatic N) is 4. The minimum atomic E-state index is -1.60. The fraction of sp³-hybridized carbons (Fsp3) is 0.583. The highest BCUT2D eigenvalue weighted by atomic mass is 16.6. The first-order chi connectivity index (χ1) is 10.0. The Bertz CT molecular complexity index is 658. The van der Waals surface area contributed by atoms with Gasteiger partial charge in [0.2, 0.25) is 5.88 Å². The van der Waals surface area contributed by atoms with Crippen LogP contribution in [0.25, 0.3) is 11.2 Å². The largest absolute Gasteiger partial charge is 0.479 e. The number of aromatic nitrogens is 4.